The maximum absolute atomic E-state index is 12.5. The van der Waals surface area contributed by atoms with Gasteiger partial charge in [0.25, 0.3) is 5.91 Å². The molecular formula is C23H26N4O2. The predicted molar refractivity (Wildman–Crippen MR) is 115 cm³/mol. The van der Waals surface area contributed by atoms with Crippen molar-refractivity contribution in [3.05, 3.63) is 64.9 Å². The lowest BCUT2D eigenvalue weighted by molar-refractivity contribution is -0.112. The molecule has 29 heavy (non-hydrogen) atoms. The van der Waals surface area contributed by atoms with Gasteiger partial charge in [-0.15, -0.1) is 0 Å². The maximum Gasteiger partial charge on any atom is 0.267 e. The van der Waals surface area contributed by atoms with Gasteiger partial charge in [-0.05, 0) is 61.7 Å². The summed E-state index contributed by atoms with van der Waals surface area (Å²) in [5, 5.41) is 21.7. The molecule has 0 aliphatic carbocycles. The zero-order chi connectivity index (χ0) is 21.0. The lowest BCUT2D eigenvalue weighted by atomic mass is 10.1. The molecule has 2 aromatic carbocycles. The van der Waals surface area contributed by atoms with Crippen LogP contribution in [-0.4, -0.2) is 42.1 Å². The Hall–Kier alpha value is -3.46. The normalized spacial score (nSPS) is 14.5. The van der Waals surface area contributed by atoms with Crippen molar-refractivity contribution in [2.24, 2.45) is 0 Å². The predicted octanol–water partition coefficient (Wildman–Crippen LogP) is 3.49. The van der Waals surface area contributed by atoms with Crippen LogP contribution < -0.4 is 10.2 Å². The van der Waals surface area contributed by atoms with E-state index in [1.165, 1.54) is 22.9 Å². The standard InChI is InChI=1S/C23H26N4O2/c1-16-5-4-6-22(18(16)3)27-11-9-26(10-12-27)15-19(14-24)23(29)25-21-8-7-20(28)13-17(21)2/h4-8,13,15,28H,9-12H2,1-3H3,(H,25,29)/b19-15-. The number of carbonyl (C=O) groups is 1. The number of carbonyl (C=O) groups excluding carboxylic acids is 1. The van der Waals surface area contributed by atoms with E-state index in [0.717, 1.165) is 31.7 Å². The van der Waals surface area contributed by atoms with Crippen LogP contribution in [0, 0.1) is 32.1 Å². The summed E-state index contributed by atoms with van der Waals surface area (Å²) in [6, 6.07) is 13.0. The number of rotatable bonds is 4. The van der Waals surface area contributed by atoms with Crippen LogP contribution in [0.15, 0.2) is 48.2 Å². The number of nitriles is 1. The molecule has 3 rings (SSSR count). The number of nitrogens with one attached hydrogen (secondary N) is 1. The fourth-order valence-electron chi connectivity index (χ4n) is 3.47. The highest BCUT2D eigenvalue weighted by Gasteiger charge is 2.19. The molecule has 1 heterocycles. The second-order valence-electron chi connectivity index (χ2n) is 7.35. The van der Waals surface area contributed by atoms with E-state index in [1.807, 2.05) is 11.0 Å². The maximum atomic E-state index is 12.5. The van der Waals surface area contributed by atoms with Gasteiger partial charge in [0.1, 0.15) is 17.4 Å². The van der Waals surface area contributed by atoms with Crippen LogP contribution in [0.5, 0.6) is 5.75 Å². The summed E-state index contributed by atoms with van der Waals surface area (Å²) in [5.74, 6) is -0.309. The summed E-state index contributed by atoms with van der Waals surface area (Å²) in [6.45, 7) is 9.19. The Bertz CT molecular complexity index is 983. The van der Waals surface area contributed by atoms with Gasteiger partial charge < -0.3 is 20.2 Å². The van der Waals surface area contributed by atoms with Crippen molar-refractivity contribution >= 4 is 17.3 Å². The van der Waals surface area contributed by atoms with Crippen LogP contribution >= 0.6 is 0 Å². The second kappa shape index (κ2) is 8.70. The molecule has 0 unspecified atom stereocenters. The molecule has 0 spiro atoms. The molecule has 0 radical (unpaired) electrons. The van der Waals surface area contributed by atoms with E-state index in [2.05, 4.69) is 42.3 Å². The lowest BCUT2D eigenvalue weighted by Crippen LogP contribution is -2.44. The van der Waals surface area contributed by atoms with Gasteiger partial charge in [0.2, 0.25) is 0 Å². The number of aryl methyl sites for hydroxylation is 2. The minimum absolute atomic E-state index is 0.0673. The molecule has 0 aromatic heterocycles. The van der Waals surface area contributed by atoms with Crippen molar-refractivity contribution in [3.63, 3.8) is 0 Å². The topological polar surface area (TPSA) is 79.6 Å². The minimum Gasteiger partial charge on any atom is -0.508 e. The van der Waals surface area contributed by atoms with Crippen molar-refractivity contribution in [2.75, 3.05) is 36.4 Å². The summed E-state index contributed by atoms with van der Waals surface area (Å²) in [4.78, 5) is 16.9. The first-order valence-electron chi connectivity index (χ1n) is 9.67. The summed E-state index contributed by atoms with van der Waals surface area (Å²) < 4.78 is 0. The number of phenolic OH excluding ortho intramolecular Hbond substituents is 1. The van der Waals surface area contributed by atoms with Crippen LogP contribution in [0.25, 0.3) is 0 Å². The van der Waals surface area contributed by atoms with Gasteiger partial charge in [-0.25, -0.2) is 0 Å². The molecule has 1 aliphatic rings. The zero-order valence-corrected chi connectivity index (χ0v) is 17.1. The molecule has 1 aliphatic heterocycles. The zero-order valence-electron chi connectivity index (χ0n) is 17.1. The van der Waals surface area contributed by atoms with Crippen molar-refractivity contribution < 1.29 is 9.90 Å². The first kappa shape index (κ1) is 20.3. The van der Waals surface area contributed by atoms with E-state index in [9.17, 15) is 15.2 Å². The highest BCUT2D eigenvalue weighted by molar-refractivity contribution is 6.06. The first-order valence-corrected chi connectivity index (χ1v) is 9.67. The smallest absolute Gasteiger partial charge is 0.267 e. The van der Waals surface area contributed by atoms with Crippen molar-refractivity contribution in [1.82, 2.24) is 4.90 Å². The van der Waals surface area contributed by atoms with E-state index in [0.29, 0.717) is 5.69 Å². The third kappa shape index (κ3) is 4.69. The number of phenols is 1. The lowest BCUT2D eigenvalue weighted by Gasteiger charge is -2.36. The number of amides is 1. The van der Waals surface area contributed by atoms with Gasteiger partial charge in [-0.2, -0.15) is 5.26 Å². The number of benzene rings is 2. The van der Waals surface area contributed by atoms with Crippen LogP contribution in [-0.2, 0) is 4.79 Å². The second-order valence-corrected chi connectivity index (χ2v) is 7.35. The van der Waals surface area contributed by atoms with E-state index in [4.69, 9.17) is 0 Å². The molecule has 0 atom stereocenters. The summed E-state index contributed by atoms with van der Waals surface area (Å²) in [6.07, 6.45) is 1.64. The van der Waals surface area contributed by atoms with Gasteiger partial charge in [0.05, 0.1) is 0 Å². The average Bonchev–Trinajstić information content (AvgIpc) is 2.71. The van der Waals surface area contributed by atoms with E-state index < -0.39 is 5.91 Å². The quantitative estimate of drug-likeness (QED) is 0.475. The molecule has 1 saturated heterocycles. The Labute approximate surface area is 171 Å². The fraction of sp³-hybridized carbons (Fsp3) is 0.304. The minimum atomic E-state index is -0.446. The highest BCUT2D eigenvalue weighted by atomic mass is 16.3. The Morgan fingerprint density at radius 1 is 1.10 bits per heavy atom. The SMILES string of the molecule is Cc1cc(O)ccc1NC(=O)/C(C#N)=C\N1CCN(c2cccc(C)c2C)CC1. The van der Waals surface area contributed by atoms with Crippen molar-refractivity contribution in [1.29, 1.82) is 5.26 Å². The third-order valence-corrected chi connectivity index (χ3v) is 5.37. The van der Waals surface area contributed by atoms with Crippen LogP contribution in [0.2, 0.25) is 0 Å². The van der Waals surface area contributed by atoms with E-state index in [1.54, 1.807) is 25.3 Å². The Morgan fingerprint density at radius 2 is 1.83 bits per heavy atom. The number of hydrogen-bond acceptors (Lipinski definition) is 5. The number of piperazine rings is 1. The third-order valence-electron chi connectivity index (χ3n) is 5.37. The van der Waals surface area contributed by atoms with Gasteiger partial charge in [-0.1, -0.05) is 12.1 Å². The van der Waals surface area contributed by atoms with Gasteiger partial charge in [0.15, 0.2) is 0 Å². The van der Waals surface area contributed by atoms with Crippen LogP contribution in [0.1, 0.15) is 16.7 Å². The number of nitrogens with zero attached hydrogens (tertiary/aromatic N) is 3. The molecule has 1 fully saturated rings. The Morgan fingerprint density at radius 3 is 2.48 bits per heavy atom. The molecular weight excluding hydrogens is 364 g/mol. The van der Waals surface area contributed by atoms with Crippen molar-refractivity contribution in [2.45, 2.75) is 20.8 Å². The number of hydrogen-bond donors (Lipinski definition) is 2. The molecule has 0 saturated carbocycles. The molecule has 0 bridgehead atoms. The molecule has 150 valence electrons. The largest absolute Gasteiger partial charge is 0.508 e. The average molecular weight is 390 g/mol. The Kier molecular flexibility index (Phi) is 6.08. The molecule has 2 aromatic rings. The van der Waals surface area contributed by atoms with Gasteiger partial charge in [-0.3, -0.25) is 4.79 Å². The van der Waals surface area contributed by atoms with Gasteiger partial charge in [0, 0.05) is 43.8 Å². The summed E-state index contributed by atoms with van der Waals surface area (Å²) >= 11 is 0. The van der Waals surface area contributed by atoms with E-state index >= 15 is 0 Å². The van der Waals surface area contributed by atoms with E-state index in [-0.39, 0.29) is 11.3 Å². The molecule has 6 heteroatoms. The first-order chi connectivity index (χ1) is 13.9. The monoisotopic (exact) mass is 390 g/mol. The number of aromatic hydroxyl groups is 1. The highest BCUT2D eigenvalue weighted by Crippen LogP contribution is 2.24. The molecule has 6 nitrogen and oxygen atoms in total. The fourth-order valence-corrected chi connectivity index (χ4v) is 3.47. The van der Waals surface area contributed by atoms with Crippen molar-refractivity contribution in [3.8, 4) is 11.8 Å². The van der Waals surface area contributed by atoms with Crippen LogP contribution in [0.4, 0.5) is 11.4 Å². The molecule has 1 amide bonds. The number of anilines is 2. The summed E-state index contributed by atoms with van der Waals surface area (Å²) in [7, 11) is 0. The van der Waals surface area contributed by atoms with Crippen LogP contribution in [0.3, 0.4) is 0 Å². The Balaban J connectivity index is 1.65. The summed E-state index contributed by atoms with van der Waals surface area (Å²) in [5.41, 5.74) is 5.19. The van der Waals surface area contributed by atoms with Gasteiger partial charge >= 0.3 is 0 Å². The molecule has 2 N–H and O–H groups in total.